The fourth-order valence-electron chi connectivity index (χ4n) is 8.18. The molecule has 0 bridgehead atoms. The van der Waals surface area contributed by atoms with Crippen molar-refractivity contribution in [3.05, 3.63) is 182 Å². The zero-order chi connectivity index (χ0) is 38.2. The van der Waals surface area contributed by atoms with Gasteiger partial charge in [-0.2, -0.15) is 0 Å². The lowest BCUT2D eigenvalue weighted by molar-refractivity contribution is 0.454. The fourth-order valence-corrected chi connectivity index (χ4v) is 9.17. The van der Waals surface area contributed by atoms with Crippen LogP contribution in [0.15, 0.2) is 196 Å². The van der Waals surface area contributed by atoms with Gasteiger partial charge in [-0.15, -0.1) is 0 Å². The van der Waals surface area contributed by atoms with Crippen LogP contribution >= 0.6 is 11.8 Å². The van der Waals surface area contributed by atoms with Gasteiger partial charge in [-0.3, -0.25) is 0 Å². The van der Waals surface area contributed by atoms with E-state index in [1.54, 1.807) is 11.8 Å². The van der Waals surface area contributed by atoms with Crippen molar-refractivity contribution in [3.63, 3.8) is 0 Å². The summed E-state index contributed by atoms with van der Waals surface area (Å²) in [5, 5.41) is 4.45. The molecule has 7 heteroatoms. The molecule has 1 aliphatic rings. The Hall–Kier alpha value is -7.48. The molecule has 0 atom stereocenters. The summed E-state index contributed by atoms with van der Waals surface area (Å²) in [6.07, 6.45) is 0. The molecule has 0 saturated heterocycles. The lowest BCUT2D eigenvalue weighted by atomic mass is 10.0. The predicted molar refractivity (Wildman–Crippen MR) is 234 cm³/mol. The highest BCUT2D eigenvalue weighted by atomic mass is 32.2. The lowest BCUT2D eigenvalue weighted by Crippen LogP contribution is -2.00. The van der Waals surface area contributed by atoms with E-state index < -0.39 is 0 Å². The molecule has 0 saturated carbocycles. The smallest absolute Gasteiger partial charge is 0.164 e. The van der Waals surface area contributed by atoms with Gasteiger partial charge >= 0.3 is 0 Å². The molecule has 6 nitrogen and oxygen atoms in total. The molecule has 272 valence electrons. The van der Waals surface area contributed by atoms with Crippen LogP contribution in [0.3, 0.4) is 0 Å². The first-order valence-electron chi connectivity index (χ1n) is 19.2. The van der Waals surface area contributed by atoms with Crippen LogP contribution in [0.25, 0.3) is 94.7 Å². The second-order valence-electron chi connectivity index (χ2n) is 14.4. The second-order valence-corrected chi connectivity index (χ2v) is 15.5. The number of para-hydroxylation sites is 4. The first-order valence-corrected chi connectivity index (χ1v) is 20.0. The van der Waals surface area contributed by atoms with E-state index in [0.29, 0.717) is 17.5 Å². The van der Waals surface area contributed by atoms with E-state index in [0.717, 1.165) is 87.8 Å². The summed E-state index contributed by atoms with van der Waals surface area (Å²) in [6.45, 7) is 0. The molecule has 11 aromatic rings. The summed E-state index contributed by atoms with van der Waals surface area (Å²) >= 11 is 1.73. The van der Waals surface area contributed by atoms with Crippen molar-refractivity contribution in [1.82, 2.24) is 19.5 Å². The number of nitrogens with zero attached hydrogens (tertiary/aromatic N) is 4. The van der Waals surface area contributed by atoms with Crippen LogP contribution in [0.4, 0.5) is 0 Å². The zero-order valence-electron chi connectivity index (χ0n) is 30.8. The van der Waals surface area contributed by atoms with Crippen LogP contribution < -0.4 is 4.74 Å². The molecule has 0 N–H and O–H groups in total. The average molecular weight is 763 g/mol. The van der Waals surface area contributed by atoms with Gasteiger partial charge in [-0.05, 0) is 66.2 Å². The minimum Gasteiger partial charge on any atom is -0.455 e. The number of ether oxygens (including phenoxy) is 1. The number of benzene rings is 8. The Morgan fingerprint density at radius 2 is 1.05 bits per heavy atom. The maximum atomic E-state index is 6.75. The highest BCUT2D eigenvalue weighted by Crippen LogP contribution is 2.49. The monoisotopic (exact) mass is 762 g/mol. The number of hydrogen-bond donors (Lipinski definition) is 0. The van der Waals surface area contributed by atoms with Gasteiger partial charge in [0, 0.05) is 49.5 Å². The molecule has 0 amide bonds. The van der Waals surface area contributed by atoms with E-state index in [4.69, 9.17) is 24.1 Å². The standard InChI is InChI=1S/C51H30N4O2S/c1-3-12-31(13-4-1)49-52-50(33-22-25-38-37-16-7-8-19-41(37)55(42(38)28-33)35-14-5-2-6-15-35)54-51(53-49)34-23-26-39-40-18-11-17-36(48(40)57-45(39)29-34)32-24-27-44-47(30-32)58-46-21-10-9-20-43(46)56-44/h1-30H. The molecule has 12 rings (SSSR count). The number of fused-ring (bicyclic) bond motifs is 8. The summed E-state index contributed by atoms with van der Waals surface area (Å²) in [7, 11) is 0. The minimum absolute atomic E-state index is 0.571. The molecule has 1 aliphatic heterocycles. The Balaban J connectivity index is 0.988. The van der Waals surface area contributed by atoms with Gasteiger partial charge in [0.2, 0.25) is 0 Å². The number of furan rings is 1. The minimum atomic E-state index is 0.571. The first kappa shape index (κ1) is 32.7. The van der Waals surface area contributed by atoms with Crippen LogP contribution in [-0.2, 0) is 0 Å². The number of aromatic nitrogens is 4. The van der Waals surface area contributed by atoms with Crippen LogP contribution in [0.1, 0.15) is 0 Å². The summed E-state index contributed by atoms with van der Waals surface area (Å²) in [4.78, 5) is 17.5. The average Bonchev–Trinajstić information content (AvgIpc) is 3.84. The van der Waals surface area contributed by atoms with Crippen molar-refractivity contribution in [3.8, 4) is 62.5 Å². The van der Waals surface area contributed by atoms with Gasteiger partial charge in [-0.1, -0.05) is 133 Å². The number of rotatable bonds is 5. The molecule has 0 aliphatic carbocycles. The summed E-state index contributed by atoms with van der Waals surface area (Å²) in [5.41, 5.74) is 9.68. The van der Waals surface area contributed by atoms with E-state index in [1.807, 2.05) is 54.6 Å². The third kappa shape index (κ3) is 5.32. The predicted octanol–water partition coefficient (Wildman–Crippen LogP) is 13.8. The lowest BCUT2D eigenvalue weighted by Gasteiger charge is -2.20. The molecule has 4 heterocycles. The van der Waals surface area contributed by atoms with Crippen LogP contribution in [-0.4, -0.2) is 19.5 Å². The fraction of sp³-hybridized carbons (Fsp3) is 0. The van der Waals surface area contributed by atoms with E-state index in [2.05, 4.69) is 132 Å². The van der Waals surface area contributed by atoms with E-state index in [9.17, 15) is 0 Å². The summed E-state index contributed by atoms with van der Waals surface area (Å²) in [5.74, 6) is 3.52. The molecular formula is C51H30N4O2S. The molecule has 0 fully saturated rings. The van der Waals surface area contributed by atoms with E-state index >= 15 is 0 Å². The SMILES string of the molecule is c1ccc(-c2nc(-c3ccc4c(c3)oc3c(-c5ccc6c(c5)Sc5ccccc5O6)cccc34)nc(-c3ccc4c5ccccc5n(-c5ccccc5)c4c3)n2)cc1. The van der Waals surface area contributed by atoms with Crippen molar-refractivity contribution in [2.24, 2.45) is 0 Å². The van der Waals surface area contributed by atoms with Crippen LogP contribution in [0.2, 0.25) is 0 Å². The maximum absolute atomic E-state index is 6.75. The normalized spacial score (nSPS) is 12.2. The molecule has 8 aromatic carbocycles. The topological polar surface area (TPSA) is 66.0 Å². The summed E-state index contributed by atoms with van der Waals surface area (Å²) < 4.78 is 15.3. The first-order chi connectivity index (χ1) is 28.7. The Kier molecular flexibility index (Phi) is 7.36. The molecule has 0 radical (unpaired) electrons. The van der Waals surface area contributed by atoms with E-state index in [-0.39, 0.29) is 0 Å². The Labute approximate surface area is 337 Å². The largest absolute Gasteiger partial charge is 0.455 e. The van der Waals surface area contributed by atoms with Crippen molar-refractivity contribution in [2.75, 3.05) is 0 Å². The number of hydrogen-bond acceptors (Lipinski definition) is 6. The van der Waals surface area contributed by atoms with Gasteiger partial charge in [0.15, 0.2) is 17.5 Å². The second kappa shape index (κ2) is 13.0. The van der Waals surface area contributed by atoms with Gasteiger partial charge in [0.1, 0.15) is 22.7 Å². The Morgan fingerprint density at radius 1 is 0.414 bits per heavy atom. The molecular weight excluding hydrogens is 733 g/mol. The molecule has 0 spiro atoms. The van der Waals surface area contributed by atoms with Crippen LogP contribution in [0.5, 0.6) is 11.5 Å². The highest BCUT2D eigenvalue weighted by molar-refractivity contribution is 7.99. The maximum Gasteiger partial charge on any atom is 0.164 e. The van der Waals surface area contributed by atoms with Crippen molar-refractivity contribution in [1.29, 1.82) is 0 Å². The third-order valence-corrected chi connectivity index (χ3v) is 12.0. The van der Waals surface area contributed by atoms with Crippen molar-refractivity contribution in [2.45, 2.75) is 9.79 Å². The molecule has 0 unspecified atom stereocenters. The molecule has 3 aromatic heterocycles. The van der Waals surface area contributed by atoms with Crippen molar-refractivity contribution >= 4 is 55.5 Å². The van der Waals surface area contributed by atoms with Gasteiger partial charge < -0.3 is 13.7 Å². The van der Waals surface area contributed by atoms with Gasteiger partial charge in [0.05, 0.1) is 20.8 Å². The highest BCUT2D eigenvalue weighted by Gasteiger charge is 2.21. The van der Waals surface area contributed by atoms with Crippen molar-refractivity contribution < 1.29 is 9.15 Å². The Morgan fingerprint density at radius 3 is 1.90 bits per heavy atom. The Bertz CT molecular complexity index is 3410. The summed E-state index contributed by atoms with van der Waals surface area (Å²) in [6, 6.07) is 62.7. The van der Waals surface area contributed by atoms with Gasteiger partial charge in [0.25, 0.3) is 0 Å². The quantitative estimate of drug-likeness (QED) is 0.174. The van der Waals surface area contributed by atoms with E-state index in [1.165, 1.54) is 10.8 Å². The van der Waals surface area contributed by atoms with Crippen LogP contribution in [0, 0.1) is 0 Å². The third-order valence-electron chi connectivity index (χ3n) is 10.9. The van der Waals surface area contributed by atoms with Gasteiger partial charge in [-0.25, -0.2) is 15.0 Å². The zero-order valence-corrected chi connectivity index (χ0v) is 31.7. The molecule has 58 heavy (non-hydrogen) atoms.